The number of rotatable bonds is 3. The SMILES string of the molecule is CN1CCN(C(=O)c2cccc(N(C)C)c2)[C@H](c2ccccc2)C1. The molecular weight excluding hydrogens is 298 g/mol. The van der Waals surface area contributed by atoms with Gasteiger partial charge in [0.15, 0.2) is 0 Å². The van der Waals surface area contributed by atoms with Gasteiger partial charge in [0, 0.05) is 45.0 Å². The molecule has 24 heavy (non-hydrogen) atoms. The van der Waals surface area contributed by atoms with Crippen molar-refractivity contribution in [1.29, 1.82) is 0 Å². The number of anilines is 1. The Hall–Kier alpha value is -2.33. The van der Waals surface area contributed by atoms with Gasteiger partial charge in [0.2, 0.25) is 0 Å². The second kappa shape index (κ2) is 7.05. The first kappa shape index (κ1) is 16.5. The highest BCUT2D eigenvalue weighted by Gasteiger charge is 2.30. The Kier molecular flexibility index (Phi) is 4.86. The molecule has 0 unspecified atom stereocenters. The lowest BCUT2D eigenvalue weighted by atomic mass is 10.0. The van der Waals surface area contributed by atoms with Crippen LogP contribution in [0.2, 0.25) is 0 Å². The Morgan fingerprint density at radius 1 is 1.04 bits per heavy atom. The predicted molar refractivity (Wildman–Crippen MR) is 98.5 cm³/mol. The second-order valence-electron chi connectivity index (χ2n) is 6.63. The van der Waals surface area contributed by atoms with Crippen LogP contribution in [0.25, 0.3) is 0 Å². The first-order chi connectivity index (χ1) is 11.6. The molecule has 2 aromatic carbocycles. The molecule has 0 aliphatic carbocycles. The van der Waals surface area contributed by atoms with Gasteiger partial charge >= 0.3 is 0 Å². The molecule has 0 saturated carbocycles. The number of benzene rings is 2. The van der Waals surface area contributed by atoms with Crippen molar-refractivity contribution in [3.05, 3.63) is 65.7 Å². The zero-order chi connectivity index (χ0) is 17.1. The summed E-state index contributed by atoms with van der Waals surface area (Å²) in [4.78, 5) is 19.5. The third kappa shape index (κ3) is 3.44. The number of carbonyl (C=O) groups excluding carboxylic acids is 1. The smallest absolute Gasteiger partial charge is 0.254 e. The lowest BCUT2D eigenvalue weighted by Crippen LogP contribution is -2.49. The van der Waals surface area contributed by atoms with Crippen molar-refractivity contribution in [3.8, 4) is 0 Å². The molecule has 0 radical (unpaired) electrons. The quantitative estimate of drug-likeness (QED) is 0.869. The molecule has 126 valence electrons. The van der Waals surface area contributed by atoms with Gasteiger partial charge in [0.05, 0.1) is 6.04 Å². The van der Waals surface area contributed by atoms with Crippen LogP contribution in [0.3, 0.4) is 0 Å². The van der Waals surface area contributed by atoms with E-state index in [0.29, 0.717) is 0 Å². The number of likely N-dealkylation sites (N-methyl/N-ethyl adjacent to an activating group) is 1. The van der Waals surface area contributed by atoms with Crippen molar-refractivity contribution in [2.45, 2.75) is 6.04 Å². The Morgan fingerprint density at radius 3 is 2.50 bits per heavy atom. The Balaban J connectivity index is 1.90. The highest BCUT2D eigenvalue weighted by atomic mass is 16.2. The number of amides is 1. The second-order valence-corrected chi connectivity index (χ2v) is 6.63. The molecule has 1 fully saturated rings. The molecule has 1 amide bonds. The van der Waals surface area contributed by atoms with Crippen molar-refractivity contribution in [1.82, 2.24) is 9.80 Å². The van der Waals surface area contributed by atoms with E-state index in [0.717, 1.165) is 30.9 Å². The van der Waals surface area contributed by atoms with E-state index in [1.54, 1.807) is 0 Å². The lowest BCUT2D eigenvalue weighted by Gasteiger charge is -2.40. The van der Waals surface area contributed by atoms with Crippen molar-refractivity contribution in [2.75, 3.05) is 45.7 Å². The van der Waals surface area contributed by atoms with Gasteiger partial charge in [0.25, 0.3) is 5.91 Å². The van der Waals surface area contributed by atoms with Gasteiger partial charge in [-0.3, -0.25) is 4.79 Å². The first-order valence-electron chi connectivity index (χ1n) is 8.38. The summed E-state index contributed by atoms with van der Waals surface area (Å²) in [6.45, 7) is 2.52. The summed E-state index contributed by atoms with van der Waals surface area (Å²) >= 11 is 0. The van der Waals surface area contributed by atoms with Crippen LogP contribution in [0.4, 0.5) is 5.69 Å². The number of hydrogen-bond donors (Lipinski definition) is 0. The van der Waals surface area contributed by atoms with E-state index in [-0.39, 0.29) is 11.9 Å². The summed E-state index contributed by atoms with van der Waals surface area (Å²) in [6.07, 6.45) is 0. The molecule has 1 aliphatic heterocycles. The topological polar surface area (TPSA) is 26.8 Å². The van der Waals surface area contributed by atoms with Gasteiger partial charge in [-0.05, 0) is 30.8 Å². The molecule has 3 rings (SSSR count). The van der Waals surface area contributed by atoms with Gasteiger partial charge in [-0.25, -0.2) is 0 Å². The molecule has 0 N–H and O–H groups in total. The molecule has 0 aromatic heterocycles. The average molecular weight is 323 g/mol. The van der Waals surface area contributed by atoms with Gasteiger partial charge in [-0.1, -0.05) is 36.4 Å². The fraction of sp³-hybridized carbons (Fsp3) is 0.350. The zero-order valence-electron chi connectivity index (χ0n) is 14.6. The van der Waals surface area contributed by atoms with Gasteiger partial charge in [-0.15, -0.1) is 0 Å². The Bertz CT molecular complexity index is 699. The van der Waals surface area contributed by atoms with Crippen LogP contribution in [0.15, 0.2) is 54.6 Å². The standard InChI is InChI=1S/C20H25N3O/c1-21(2)18-11-7-10-17(14-18)20(24)23-13-12-22(3)15-19(23)16-8-5-4-6-9-16/h4-11,14,19H,12-13,15H2,1-3H3/t19-/m0/s1. The van der Waals surface area contributed by atoms with Crippen molar-refractivity contribution >= 4 is 11.6 Å². The van der Waals surface area contributed by atoms with E-state index < -0.39 is 0 Å². The van der Waals surface area contributed by atoms with Crippen LogP contribution in [0.5, 0.6) is 0 Å². The minimum atomic E-state index is 0.0977. The van der Waals surface area contributed by atoms with E-state index in [1.807, 2.05) is 66.4 Å². The van der Waals surface area contributed by atoms with Crippen molar-refractivity contribution in [3.63, 3.8) is 0 Å². The molecule has 1 aliphatic rings. The number of piperazine rings is 1. The van der Waals surface area contributed by atoms with E-state index in [1.165, 1.54) is 5.56 Å². The minimum Gasteiger partial charge on any atom is -0.378 e. The molecule has 2 aromatic rings. The molecule has 0 bridgehead atoms. The monoisotopic (exact) mass is 323 g/mol. The van der Waals surface area contributed by atoms with Crippen LogP contribution in [0, 0.1) is 0 Å². The van der Waals surface area contributed by atoms with Crippen molar-refractivity contribution < 1.29 is 4.79 Å². The normalized spacial score (nSPS) is 18.5. The molecule has 0 spiro atoms. The third-order valence-corrected chi connectivity index (χ3v) is 4.64. The van der Waals surface area contributed by atoms with Crippen LogP contribution in [-0.4, -0.2) is 56.5 Å². The largest absolute Gasteiger partial charge is 0.378 e. The highest BCUT2D eigenvalue weighted by Crippen LogP contribution is 2.27. The lowest BCUT2D eigenvalue weighted by molar-refractivity contribution is 0.0498. The summed E-state index contributed by atoms with van der Waals surface area (Å²) in [6, 6.07) is 18.3. The van der Waals surface area contributed by atoms with Crippen LogP contribution in [-0.2, 0) is 0 Å². The maximum Gasteiger partial charge on any atom is 0.254 e. The van der Waals surface area contributed by atoms with E-state index in [2.05, 4.69) is 24.1 Å². The van der Waals surface area contributed by atoms with Gasteiger partial charge < -0.3 is 14.7 Å². The number of nitrogens with zero attached hydrogens (tertiary/aromatic N) is 3. The van der Waals surface area contributed by atoms with Crippen LogP contribution >= 0.6 is 0 Å². The number of carbonyl (C=O) groups is 1. The summed E-state index contributed by atoms with van der Waals surface area (Å²) in [7, 11) is 6.10. The Labute approximate surface area is 144 Å². The zero-order valence-corrected chi connectivity index (χ0v) is 14.6. The average Bonchev–Trinajstić information content (AvgIpc) is 2.62. The summed E-state index contributed by atoms with van der Waals surface area (Å²) < 4.78 is 0. The maximum absolute atomic E-state index is 13.2. The van der Waals surface area contributed by atoms with Crippen LogP contribution < -0.4 is 4.90 Å². The van der Waals surface area contributed by atoms with E-state index >= 15 is 0 Å². The number of hydrogen-bond acceptors (Lipinski definition) is 3. The summed E-state index contributed by atoms with van der Waals surface area (Å²) in [5.41, 5.74) is 3.00. The first-order valence-corrected chi connectivity index (χ1v) is 8.38. The molecule has 4 heteroatoms. The molecule has 1 heterocycles. The molecular formula is C20H25N3O. The van der Waals surface area contributed by atoms with Gasteiger partial charge in [0.1, 0.15) is 0 Å². The minimum absolute atomic E-state index is 0.0977. The molecule has 1 atom stereocenters. The van der Waals surface area contributed by atoms with Crippen LogP contribution in [0.1, 0.15) is 22.0 Å². The predicted octanol–water partition coefficient (Wildman–Crippen LogP) is 2.88. The fourth-order valence-corrected chi connectivity index (χ4v) is 3.21. The third-order valence-electron chi connectivity index (χ3n) is 4.64. The fourth-order valence-electron chi connectivity index (χ4n) is 3.21. The van der Waals surface area contributed by atoms with Crippen molar-refractivity contribution in [2.24, 2.45) is 0 Å². The highest BCUT2D eigenvalue weighted by molar-refractivity contribution is 5.95. The molecule has 1 saturated heterocycles. The van der Waals surface area contributed by atoms with E-state index in [9.17, 15) is 4.79 Å². The van der Waals surface area contributed by atoms with E-state index in [4.69, 9.17) is 0 Å². The maximum atomic E-state index is 13.2. The van der Waals surface area contributed by atoms with Gasteiger partial charge in [-0.2, -0.15) is 0 Å². The molecule has 4 nitrogen and oxygen atoms in total. The summed E-state index contributed by atoms with van der Waals surface area (Å²) in [5, 5.41) is 0. The summed E-state index contributed by atoms with van der Waals surface area (Å²) in [5.74, 6) is 0.112. The Morgan fingerprint density at radius 2 is 1.79 bits per heavy atom.